The van der Waals surface area contributed by atoms with Gasteiger partial charge in [-0.15, -0.1) is 0 Å². The van der Waals surface area contributed by atoms with E-state index in [1.165, 1.54) is 0 Å². The van der Waals surface area contributed by atoms with Gasteiger partial charge >= 0.3 is 0 Å². The molecule has 2 radical (unpaired) electrons. The molecule has 1 aliphatic rings. The van der Waals surface area contributed by atoms with Crippen molar-refractivity contribution < 1.29 is 0 Å². The smallest absolute Gasteiger partial charge is 0.142 e. The van der Waals surface area contributed by atoms with E-state index in [1.54, 1.807) is 6.20 Å². The summed E-state index contributed by atoms with van der Waals surface area (Å²) in [7, 11) is 5.38. The van der Waals surface area contributed by atoms with Crippen molar-refractivity contribution >= 4 is 13.5 Å². The number of hydrogen-bond acceptors (Lipinski definition) is 1. The topological polar surface area (TPSA) is 12.4 Å². The van der Waals surface area contributed by atoms with Crippen LogP contribution in [0.2, 0.25) is 0 Å². The molecule has 0 saturated carbocycles. The van der Waals surface area contributed by atoms with Gasteiger partial charge < -0.3 is 0 Å². The summed E-state index contributed by atoms with van der Waals surface area (Å²) in [5.74, 6) is 0. The maximum Gasteiger partial charge on any atom is 0.142 e. The molecule has 0 fully saturated rings. The first-order valence-corrected chi connectivity index (χ1v) is 2.47. The highest BCUT2D eigenvalue weighted by Gasteiger charge is 1.96. The third-order valence-corrected chi connectivity index (χ3v) is 1.05. The van der Waals surface area contributed by atoms with Crippen molar-refractivity contribution in [2.45, 2.75) is 6.42 Å². The van der Waals surface area contributed by atoms with E-state index in [9.17, 15) is 0 Å². The summed E-state index contributed by atoms with van der Waals surface area (Å²) in [6, 6.07) is 0. The van der Waals surface area contributed by atoms with Crippen LogP contribution < -0.4 is 0 Å². The zero-order valence-corrected chi connectivity index (χ0v) is 4.59. The molecule has 0 amide bonds. The summed E-state index contributed by atoms with van der Waals surface area (Å²) in [5.41, 5.74) is 1.47. The summed E-state index contributed by atoms with van der Waals surface area (Å²) in [6.45, 7) is 3.69. The van der Waals surface area contributed by atoms with Crippen molar-refractivity contribution in [3.63, 3.8) is 0 Å². The van der Waals surface area contributed by atoms with E-state index in [-0.39, 0.29) is 0 Å². The third kappa shape index (κ3) is 0.888. The average Bonchev–Trinajstić information content (AvgIpc) is 1.77. The van der Waals surface area contributed by atoms with Gasteiger partial charge in [0.15, 0.2) is 0 Å². The molecule has 2 heteroatoms. The van der Waals surface area contributed by atoms with Gasteiger partial charge in [-0.2, -0.15) is 0 Å². The van der Waals surface area contributed by atoms with Gasteiger partial charge in [0.25, 0.3) is 0 Å². The van der Waals surface area contributed by atoms with Crippen molar-refractivity contribution in [2.75, 3.05) is 0 Å². The van der Waals surface area contributed by atoms with Gasteiger partial charge in [-0.3, -0.25) is 4.99 Å². The lowest BCUT2D eigenvalue weighted by molar-refractivity contribution is 1.28. The molecule has 1 nitrogen and oxygen atoms in total. The van der Waals surface area contributed by atoms with Gasteiger partial charge in [-0.05, 0) is 17.6 Å². The van der Waals surface area contributed by atoms with Crippen LogP contribution in [0, 0.1) is 0 Å². The monoisotopic (exact) mass is 103 g/mol. The van der Waals surface area contributed by atoms with E-state index >= 15 is 0 Å². The normalized spacial score (nSPS) is 18.5. The Morgan fingerprint density at radius 2 is 2.50 bits per heavy atom. The molecule has 0 unspecified atom stereocenters. The van der Waals surface area contributed by atoms with Crippen LogP contribution in [-0.2, 0) is 0 Å². The molecular weight excluding hydrogens is 96.9 g/mol. The van der Waals surface area contributed by atoms with Crippen molar-refractivity contribution in [2.24, 2.45) is 4.99 Å². The molecule has 0 N–H and O–H groups in total. The zero-order valence-electron chi connectivity index (χ0n) is 4.59. The van der Waals surface area contributed by atoms with E-state index in [2.05, 4.69) is 11.6 Å². The summed E-state index contributed by atoms with van der Waals surface area (Å²) >= 11 is 0. The lowest BCUT2D eigenvalue weighted by atomic mass is 9.91. The largest absolute Gasteiger partial charge is 0.273 e. The second-order valence-corrected chi connectivity index (χ2v) is 1.71. The van der Waals surface area contributed by atoms with Crippen LogP contribution >= 0.6 is 0 Å². The molecule has 0 aliphatic carbocycles. The highest BCUT2D eigenvalue weighted by molar-refractivity contribution is 6.64. The van der Waals surface area contributed by atoms with Crippen LogP contribution in [0.15, 0.2) is 29.4 Å². The molecule has 0 atom stereocenters. The highest BCUT2D eigenvalue weighted by atomic mass is 14.7. The fraction of sp³-hybridized carbons (Fsp3) is 0.167. The van der Waals surface area contributed by atoms with Gasteiger partial charge in [0.05, 0.1) is 0 Å². The fourth-order valence-electron chi connectivity index (χ4n) is 0.524. The van der Waals surface area contributed by atoms with Crippen LogP contribution in [0.4, 0.5) is 0 Å². The molecule has 1 rings (SSSR count). The second kappa shape index (κ2) is 1.99. The molecule has 1 aliphatic heterocycles. The Bertz CT molecular complexity index is 167. The predicted octanol–water partition coefficient (Wildman–Crippen LogP) is 1.03. The molecule has 0 aromatic carbocycles. The SMILES string of the molecule is [B]C1=NC=CCC1=C. The molecular formula is C6H6BN. The van der Waals surface area contributed by atoms with Crippen LogP contribution in [-0.4, -0.2) is 13.5 Å². The molecule has 0 aromatic rings. The first kappa shape index (κ1) is 5.35. The van der Waals surface area contributed by atoms with Crippen molar-refractivity contribution in [1.29, 1.82) is 0 Å². The van der Waals surface area contributed by atoms with Crippen LogP contribution in [0.25, 0.3) is 0 Å². The van der Waals surface area contributed by atoms with Crippen molar-refractivity contribution in [3.8, 4) is 0 Å². The van der Waals surface area contributed by atoms with Crippen LogP contribution in [0.3, 0.4) is 0 Å². The maximum atomic E-state index is 5.38. The first-order chi connectivity index (χ1) is 3.80. The molecule has 1 heterocycles. The van der Waals surface area contributed by atoms with E-state index in [0.29, 0.717) is 5.61 Å². The van der Waals surface area contributed by atoms with E-state index in [1.807, 2.05) is 6.08 Å². The maximum absolute atomic E-state index is 5.38. The van der Waals surface area contributed by atoms with Crippen molar-refractivity contribution in [1.82, 2.24) is 0 Å². The Morgan fingerprint density at radius 1 is 1.75 bits per heavy atom. The number of hydrogen-bond donors (Lipinski definition) is 0. The number of rotatable bonds is 0. The van der Waals surface area contributed by atoms with Gasteiger partial charge in [-0.25, -0.2) is 0 Å². The fourth-order valence-corrected chi connectivity index (χ4v) is 0.524. The molecule has 0 spiro atoms. The van der Waals surface area contributed by atoms with Crippen LogP contribution in [0.5, 0.6) is 0 Å². The minimum Gasteiger partial charge on any atom is -0.273 e. The van der Waals surface area contributed by atoms with E-state index in [0.717, 1.165) is 12.0 Å². The second-order valence-electron chi connectivity index (χ2n) is 1.71. The molecule has 38 valence electrons. The number of nitrogens with zero attached hydrogens (tertiary/aromatic N) is 1. The minimum absolute atomic E-state index is 0.563. The van der Waals surface area contributed by atoms with Gasteiger partial charge in [0.1, 0.15) is 7.85 Å². The third-order valence-electron chi connectivity index (χ3n) is 1.05. The Labute approximate surface area is 50.2 Å². The Hall–Kier alpha value is -0.785. The lowest BCUT2D eigenvalue weighted by Gasteiger charge is -2.03. The highest BCUT2D eigenvalue weighted by Crippen LogP contribution is 2.05. The summed E-state index contributed by atoms with van der Waals surface area (Å²) in [4.78, 5) is 3.83. The summed E-state index contributed by atoms with van der Waals surface area (Å²) < 4.78 is 0. The number of aliphatic imine (C=N–C) groups is 1. The zero-order chi connectivity index (χ0) is 5.98. The Morgan fingerprint density at radius 3 is 2.88 bits per heavy atom. The minimum atomic E-state index is 0.563. The van der Waals surface area contributed by atoms with Gasteiger partial charge in [0, 0.05) is 6.20 Å². The van der Waals surface area contributed by atoms with Crippen molar-refractivity contribution in [3.05, 3.63) is 24.4 Å². The molecule has 8 heavy (non-hydrogen) atoms. The van der Waals surface area contributed by atoms with E-state index in [4.69, 9.17) is 7.85 Å². The predicted molar refractivity (Wildman–Crippen MR) is 36.1 cm³/mol. The first-order valence-electron chi connectivity index (χ1n) is 2.47. The Balaban J connectivity index is 2.80. The average molecular weight is 103 g/mol. The van der Waals surface area contributed by atoms with Gasteiger partial charge in [-0.1, -0.05) is 12.7 Å². The van der Waals surface area contributed by atoms with Gasteiger partial charge in [0.2, 0.25) is 0 Å². The summed E-state index contributed by atoms with van der Waals surface area (Å²) in [5, 5.41) is 0. The van der Waals surface area contributed by atoms with Crippen LogP contribution in [0.1, 0.15) is 6.42 Å². The summed E-state index contributed by atoms with van der Waals surface area (Å²) in [6.07, 6.45) is 4.47. The Kier molecular flexibility index (Phi) is 1.33. The van der Waals surface area contributed by atoms with E-state index < -0.39 is 0 Å². The lowest BCUT2D eigenvalue weighted by Crippen LogP contribution is -2.01. The number of allylic oxidation sites excluding steroid dienone is 2. The standard InChI is InChI=1S/C6H6BN/c1-5-3-2-4-8-6(5)7/h2,4H,1,3H2. The molecule has 0 saturated heterocycles. The quantitative estimate of drug-likeness (QED) is 0.406. The molecule has 0 aromatic heterocycles. The molecule has 0 bridgehead atoms.